The van der Waals surface area contributed by atoms with Crippen LogP contribution in [0.25, 0.3) is 0 Å². The minimum Gasteiger partial charge on any atom is -0.330 e. The van der Waals surface area contributed by atoms with Crippen molar-refractivity contribution in [3.8, 4) is 0 Å². The van der Waals surface area contributed by atoms with Gasteiger partial charge in [-0.05, 0) is 46.5 Å². The minimum absolute atomic E-state index is 0.685. The molecule has 0 saturated carbocycles. The zero-order valence-electron chi connectivity index (χ0n) is 10.4. The molecule has 2 heteroatoms. The zero-order valence-corrected chi connectivity index (χ0v) is 10.4. The Bertz CT molecular complexity index is 224. The van der Waals surface area contributed by atoms with E-state index in [0.29, 0.717) is 6.04 Å². The monoisotopic (exact) mass is 208 g/mol. The van der Waals surface area contributed by atoms with E-state index in [1.165, 1.54) is 5.56 Å². The number of hydrogen-bond acceptors (Lipinski definition) is 2. The molecule has 0 atom stereocenters. The third-order valence-electron chi connectivity index (χ3n) is 2.31. The van der Waals surface area contributed by atoms with Gasteiger partial charge in [0.1, 0.15) is 0 Å². The maximum atomic E-state index is 5.36. The SMILES string of the molecule is CC(C)N(C)C.NCCc1ccccc1. The number of benzene rings is 1. The summed E-state index contributed by atoms with van der Waals surface area (Å²) in [4.78, 5) is 2.17. The highest BCUT2D eigenvalue weighted by molar-refractivity contribution is 5.14. The summed E-state index contributed by atoms with van der Waals surface area (Å²) < 4.78 is 0. The molecular weight excluding hydrogens is 184 g/mol. The van der Waals surface area contributed by atoms with Gasteiger partial charge in [0.2, 0.25) is 0 Å². The van der Waals surface area contributed by atoms with E-state index >= 15 is 0 Å². The van der Waals surface area contributed by atoms with Crippen molar-refractivity contribution in [3.63, 3.8) is 0 Å². The first-order valence-corrected chi connectivity index (χ1v) is 5.48. The average molecular weight is 208 g/mol. The van der Waals surface area contributed by atoms with Crippen LogP contribution in [0, 0.1) is 0 Å². The molecule has 1 aromatic rings. The molecule has 0 spiro atoms. The van der Waals surface area contributed by atoms with E-state index in [1.54, 1.807) is 0 Å². The van der Waals surface area contributed by atoms with Crippen LogP contribution >= 0.6 is 0 Å². The molecule has 0 aliphatic heterocycles. The highest BCUT2D eigenvalue weighted by Crippen LogP contribution is 1.96. The smallest absolute Gasteiger partial charge is 0.00324 e. The molecule has 0 radical (unpaired) electrons. The normalized spacial score (nSPS) is 10.1. The highest BCUT2D eigenvalue weighted by atomic mass is 15.1. The molecular formula is C13H24N2. The second kappa shape index (κ2) is 8.45. The summed E-state index contributed by atoms with van der Waals surface area (Å²) in [5.41, 5.74) is 6.68. The van der Waals surface area contributed by atoms with Gasteiger partial charge in [-0.15, -0.1) is 0 Å². The van der Waals surface area contributed by atoms with E-state index in [2.05, 4.69) is 45.0 Å². The van der Waals surface area contributed by atoms with E-state index in [0.717, 1.165) is 13.0 Å². The highest BCUT2D eigenvalue weighted by Gasteiger charge is 1.90. The summed E-state index contributed by atoms with van der Waals surface area (Å²) in [6.45, 7) is 5.07. The Kier molecular flexibility index (Phi) is 7.96. The Labute approximate surface area is 94.1 Å². The van der Waals surface area contributed by atoms with E-state index in [4.69, 9.17) is 5.73 Å². The molecule has 0 amide bonds. The van der Waals surface area contributed by atoms with Gasteiger partial charge >= 0.3 is 0 Å². The fourth-order valence-corrected chi connectivity index (χ4v) is 0.811. The summed E-state index contributed by atoms with van der Waals surface area (Å²) in [5.74, 6) is 0. The van der Waals surface area contributed by atoms with Crippen molar-refractivity contribution < 1.29 is 0 Å². The van der Waals surface area contributed by atoms with Gasteiger partial charge < -0.3 is 10.6 Å². The molecule has 15 heavy (non-hydrogen) atoms. The van der Waals surface area contributed by atoms with Crippen molar-refractivity contribution in [2.75, 3.05) is 20.6 Å². The first-order valence-electron chi connectivity index (χ1n) is 5.48. The molecule has 0 aromatic heterocycles. The molecule has 0 fully saturated rings. The molecule has 0 unspecified atom stereocenters. The first kappa shape index (κ1) is 14.1. The lowest BCUT2D eigenvalue weighted by Crippen LogP contribution is -2.20. The molecule has 2 N–H and O–H groups in total. The van der Waals surface area contributed by atoms with Gasteiger partial charge in [-0.25, -0.2) is 0 Å². The standard InChI is InChI=1S/C8H11N.C5H13N/c9-7-6-8-4-2-1-3-5-8;1-5(2)6(3)4/h1-5H,6-7,9H2;5H,1-4H3. The largest absolute Gasteiger partial charge is 0.330 e. The van der Waals surface area contributed by atoms with Crippen molar-refractivity contribution in [3.05, 3.63) is 35.9 Å². The third kappa shape index (κ3) is 8.16. The van der Waals surface area contributed by atoms with Crippen LogP contribution < -0.4 is 5.73 Å². The Morgan fingerprint density at radius 3 is 1.93 bits per heavy atom. The molecule has 0 saturated heterocycles. The molecule has 1 aromatic carbocycles. The second-order valence-electron chi connectivity index (χ2n) is 4.08. The van der Waals surface area contributed by atoms with Crippen LogP contribution in [0.4, 0.5) is 0 Å². The van der Waals surface area contributed by atoms with Crippen molar-refractivity contribution in [1.82, 2.24) is 4.90 Å². The van der Waals surface area contributed by atoms with Crippen LogP contribution in [0.5, 0.6) is 0 Å². The summed E-state index contributed by atoms with van der Waals surface area (Å²) in [7, 11) is 4.15. The van der Waals surface area contributed by atoms with Crippen LogP contribution in [-0.2, 0) is 6.42 Å². The molecule has 0 heterocycles. The molecule has 86 valence electrons. The molecule has 0 aliphatic rings. The number of nitrogens with two attached hydrogens (primary N) is 1. The molecule has 1 rings (SSSR count). The van der Waals surface area contributed by atoms with E-state index < -0.39 is 0 Å². The Balaban J connectivity index is 0.000000288. The van der Waals surface area contributed by atoms with Crippen LogP contribution in [0.1, 0.15) is 19.4 Å². The Hall–Kier alpha value is -0.860. The van der Waals surface area contributed by atoms with Crippen molar-refractivity contribution in [2.24, 2.45) is 5.73 Å². The maximum Gasteiger partial charge on any atom is 0.00324 e. The van der Waals surface area contributed by atoms with E-state index in [-0.39, 0.29) is 0 Å². The van der Waals surface area contributed by atoms with Gasteiger partial charge in [-0.3, -0.25) is 0 Å². The summed E-state index contributed by atoms with van der Waals surface area (Å²) in [6.07, 6.45) is 0.987. The fourth-order valence-electron chi connectivity index (χ4n) is 0.811. The van der Waals surface area contributed by atoms with Crippen LogP contribution in [0.3, 0.4) is 0 Å². The summed E-state index contributed by atoms with van der Waals surface area (Å²) >= 11 is 0. The van der Waals surface area contributed by atoms with E-state index in [1.807, 2.05) is 18.2 Å². The van der Waals surface area contributed by atoms with Crippen molar-refractivity contribution in [2.45, 2.75) is 26.3 Å². The second-order valence-corrected chi connectivity index (χ2v) is 4.08. The first-order chi connectivity index (χ1) is 7.07. The predicted octanol–water partition coefficient (Wildman–Crippen LogP) is 2.14. The zero-order chi connectivity index (χ0) is 11.7. The van der Waals surface area contributed by atoms with Gasteiger partial charge in [-0.2, -0.15) is 0 Å². The Morgan fingerprint density at radius 2 is 1.60 bits per heavy atom. The van der Waals surface area contributed by atoms with Gasteiger partial charge in [0.25, 0.3) is 0 Å². The average Bonchev–Trinajstić information content (AvgIpc) is 2.20. The van der Waals surface area contributed by atoms with Gasteiger partial charge in [0, 0.05) is 6.04 Å². The Morgan fingerprint density at radius 1 is 1.13 bits per heavy atom. The fraction of sp³-hybridized carbons (Fsp3) is 0.538. The lowest BCUT2D eigenvalue weighted by molar-refractivity contribution is 0.335. The molecule has 0 aliphatic carbocycles. The number of nitrogens with zero attached hydrogens (tertiary/aromatic N) is 1. The lowest BCUT2D eigenvalue weighted by Gasteiger charge is -2.12. The maximum absolute atomic E-state index is 5.36. The topological polar surface area (TPSA) is 29.3 Å². The molecule has 0 bridgehead atoms. The van der Waals surface area contributed by atoms with Gasteiger partial charge in [0.15, 0.2) is 0 Å². The number of rotatable bonds is 3. The third-order valence-corrected chi connectivity index (χ3v) is 2.31. The molecule has 2 nitrogen and oxygen atoms in total. The minimum atomic E-state index is 0.685. The van der Waals surface area contributed by atoms with Gasteiger partial charge in [-0.1, -0.05) is 30.3 Å². The van der Waals surface area contributed by atoms with Crippen LogP contribution in [-0.4, -0.2) is 31.6 Å². The summed E-state index contributed by atoms with van der Waals surface area (Å²) in [5, 5.41) is 0. The van der Waals surface area contributed by atoms with Crippen LogP contribution in [0.2, 0.25) is 0 Å². The van der Waals surface area contributed by atoms with Gasteiger partial charge in [0.05, 0.1) is 0 Å². The van der Waals surface area contributed by atoms with Crippen molar-refractivity contribution in [1.29, 1.82) is 0 Å². The van der Waals surface area contributed by atoms with Crippen LogP contribution in [0.15, 0.2) is 30.3 Å². The quantitative estimate of drug-likeness (QED) is 0.824. The lowest BCUT2D eigenvalue weighted by atomic mass is 10.2. The number of hydrogen-bond donors (Lipinski definition) is 1. The summed E-state index contributed by atoms with van der Waals surface area (Å²) in [6, 6.07) is 10.9. The predicted molar refractivity (Wildman–Crippen MR) is 68.0 cm³/mol. The van der Waals surface area contributed by atoms with Crippen molar-refractivity contribution >= 4 is 0 Å². The van der Waals surface area contributed by atoms with E-state index in [9.17, 15) is 0 Å².